The molecule has 0 saturated carbocycles. The highest BCUT2D eigenvalue weighted by atomic mass is 31.2. The van der Waals surface area contributed by atoms with Crippen molar-refractivity contribution in [3.63, 3.8) is 0 Å². The third-order valence-electron chi connectivity index (χ3n) is 23.8. The van der Waals surface area contributed by atoms with Crippen LogP contribution in [0.5, 0.6) is 0 Å². The van der Waals surface area contributed by atoms with Crippen LogP contribution in [0.2, 0.25) is 0 Å². The van der Waals surface area contributed by atoms with E-state index < -0.39 is 97.5 Å². The molecule has 0 amide bonds. The van der Waals surface area contributed by atoms with Gasteiger partial charge >= 0.3 is 39.5 Å². The van der Waals surface area contributed by atoms with E-state index >= 15 is 0 Å². The summed E-state index contributed by atoms with van der Waals surface area (Å²) < 4.78 is 69.3. The van der Waals surface area contributed by atoms with Crippen LogP contribution in [0.1, 0.15) is 542 Å². The van der Waals surface area contributed by atoms with Gasteiger partial charge in [0.2, 0.25) is 0 Å². The highest BCUT2D eigenvalue weighted by Gasteiger charge is 2.31. The Labute approximate surface area is 728 Å². The molecule has 0 aromatic rings. The minimum absolute atomic E-state index is 0.109. The quantitative estimate of drug-likeness (QED) is 0.0222. The first-order chi connectivity index (χ1) is 57.4. The number of phosphoric ester groups is 2. The Morgan fingerprint density at radius 1 is 0.246 bits per heavy atom. The number of esters is 4. The van der Waals surface area contributed by atoms with Gasteiger partial charge in [-0.3, -0.25) is 37.3 Å². The Kier molecular flexibility index (Phi) is 88.4. The Balaban J connectivity index is 5.23. The Hall–Kier alpha value is -1.94. The minimum Gasteiger partial charge on any atom is -0.462 e. The summed E-state index contributed by atoms with van der Waals surface area (Å²) in [4.78, 5) is 73.7. The van der Waals surface area contributed by atoms with Gasteiger partial charge < -0.3 is 33.8 Å². The van der Waals surface area contributed by atoms with Crippen LogP contribution >= 0.6 is 15.6 Å². The van der Waals surface area contributed by atoms with Crippen molar-refractivity contribution in [3.05, 3.63) is 0 Å². The second-order valence-electron chi connectivity index (χ2n) is 36.2. The molecule has 0 aromatic heterocycles. The van der Waals surface area contributed by atoms with E-state index in [4.69, 9.17) is 37.0 Å². The molecule has 3 N–H and O–H groups in total. The Bertz CT molecular complexity index is 2240. The number of carbonyl (C=O) groups excluding carboxylic acids is 4. The van der Waals surface area contributed by atoms with Gasteiger partial charge in [0.05, 0.1) is 26.4 Å². The molecule has 17 nitrogen and oxygen atoms in total. The van der Waals surface area contributed by atoms with Crippen LogP contribution < -0.4 is 0 Å². The second-order valence-corrected chi connectivity index (χ2v) is 39.2. The van der Waals surface area contributed by atoms with Crippen LogP contribution in [0.3, 0.4) is 0 Å². The maximum Gasteiger partial charge on any atom is 0.472 e. The largest absolute Gasteiger partial charge is 0.472 e. The van der Waals surface area contributed by atoms with Crippen molar-refractivity contribution in [1.82, 2.24) is 0 Å². The molecule has 0 radical (unpaired) electrons. The summed E-state index contributed by atoms with van der Waals surface area (Å²) in [6, 6.07) is 0. The van der Waals surface area contributed by atoms with Crippen molar-refractivity contribution >= 4 is 39.5 Å². The van der Waals surface area contributed by atoms with E-state index in [9.17, 15) is 43.2 Å². The average Bonchev–Trinajstić information content (AvgIpc) is 0.897. The SMILES string of the molecule is CCCCCCCCCCCCCCCCCCCCCCCCC(=O)OC[C@H](COP(=O)(O)OC[C@@H](O)COP(=O)(O)OC[C@@H](COC(=O)CCCCCCCCCCCC(C)C)OC(=O)CCCCCCCCCCCCCCCCCCCCCCCC)OC(=O)CCCCCCCCCCCCCCCCCCCCC(C)CC. The normalized spacial score (nSPS) is 13.8. The van der Waals surface area contributed by atoms with Gasteiger partial charge in [0.1, 0.15) is 19.3 Å². The molecule has 0 rings (SSSR count). The summed E-state index contributed by atoms with van der Waals surface area (Å²) in [7, 11) is -9.95. The topological polar surface area (TPSA) is 237 Å². The standard InChI is InChI=1S/C99H194O17P2/c1-7-10-12-14-16-18-20-22-24-26-28-30-32-34-39-43-47-51-57-63-69-75-81-96(101)109-87-94(115-98(103)83-78-72-66-59-53-49-45-41-37-36-38-42-46-50-56-62-68-74-80-92(6)9-3)89-113-117(105,106)111-85-93(100)86-112-118(107,108)114-90-95(88-110-97(102)82-76-70-64-60-54-55-61-67-73-79-91(4)5)116-99(104)84-77-71-65-58-52-48-44-40-35-33-31-29-27-25-23-21-19-17-15-13-11-8-2/h91-95,100H,7-90H2,1-6H3,(H,105,106)(H,107,108)/t92?,93-,94-,95-/m1/s1. The zero-order valence-corrected chi connectivity index (χ0v) is 80.0. The molecule has 0 aliphatic rings. The maximum absolute atomic E-state index is 13.2. The lowest BCUT2D eigenvalue weighted by molar-refractivity contribution is -0.161. The molecule has 3 unspecified atom stereocenters. The fourth-order valence-corrected chi connectivity index (χ4v) is 17.3. The first-order valence-electron chi connectivity index (χ1n) is 51.0. The van der Waals surface area contributed by atoms with E-state index in [1.165, 1.54) is 360 Å². The monoisotopic (exact) mass is 1720 g/mol. The molecule has 19 heteroatoms. The first kappa shape index (κ1) is 116. The van der Waals surface area contributed by atoms with Crippen LogP contribution in [0, 0.1) is 11.8 Å². The van der Waals surface area contributed by atoms with Gasteiger partial charge in [-0.1, -0.05) is 491 Å². The zero-order chi connectivity index (χ0) is 86.2. The summed E-state index contributed by atoms with van der Waals surface area (Å²) in [5.41, 5.74) is 0. The number of aliphatic hydroxyl groups excluding tert-OH is 1. The maximum atomic E-state index is 13.2. The predicted octanol–water partition coefficient (Wildman–Crippen LogP) is 31.3. The second kappa shape index (κ2) is 89.9. The van der Waals surface area contributed by atoms with Crippen LogP contribution in [0.4, 0.5) is 0 Å². The minimum atomic E-state index is -4.97. The summed E-state index contributed by atoms with van der Waals surface area (Å²) in [5, 5.41) is 10.7. The fourth-order valence-electron chi connectivity index (χ4n) is 15.7. The van der Waals surface area contributed by atoms with Gasteiger partial charge in [-0.25, -0.2) is 9.13 Å². The lowest BCUT2D eigenvalue weighted by Crippen LogP contribution is -2.30. The first-order valence-corrected chi connectivity index (χ1v) is 54.0. The van der Waals surface area contributed by atoms with Crippen LogP contribution in [0.25, 0.3) is 0 Å². The molecule has 0 bridgehead atoms. The van der Waals surface area contributed by atoms with E-state index in [2.05, 4.69) is 41.5 Å². The van der Waals surface area contributed by atoms with E-state index in [1.54, 1.807) is 0 Å². The number of aliphatic hydroxyl groups is 1. The number of carbonyl (C=O) groups is 4. The summed E-state index contributed by atoms with van der Waals surface area (Å²) in [5.74, 6) is -0.474. The molecule has 6 atom stereocenters. The van der Waals surface area contributed by atoms with Gasteiger partial charge in [-0.15, -0.1) is 0 Å². The summed E-state index contributed by atoms with van der Waals surface area (Å²) in [6.45, 7) is 9.79. The van der Waals surface area contributed by atoms with Gasteiger partial charge in [0, 0.05) is 25.7 Å². The molecule has 0 aromatic carbocycles. The number of phosphoric acid groups is 2. The van der Waals surface area contributed by atoms with Gasteiger partial charge in [0.15, 0.2) is 12.2 Å². The van der Waals surface area contributed by atoms with Crippen LogP contribution in [-0.4, -0.2) is 96.7 Å². The van der Waals surface area contributed by atoms with Crippen molar-refractivity contribution in [1.29, 1.82) is 0 Å². The predicted molar refractivity (Wildman–Crippen MR) is 492 cm³/mol. The van der Waals surface area contributed by atoms with Crippen LogP contribution in [0.15, 0.2) is 0 Å². The van der Waals surface area contributed by atoms with Crippen molar-refractivity contribution < 1.29 is 80.2 Å². The molecule has 0 aliphatic carbocycles. The van der Waals surface area contributed by atoms with Gasteiger partial charge in [0.25, 0.3) is 0 Å². The van der Waals surface area contributed by atoms with Crippen molar-refractivity contribution in [2.24, 2.45) is 11.8 Å². The number of hydrogen-bond acceptors (Lipinski definition) is 15. The summed E-state index contributed by atoms with van der Waals surface area (Å²) >= 11 is 0. The molecule has 0 fully saturated rings. The van der Waals surface area contributed by atoms with Gasteiger partial charge in [-0.05, 0) is 37.5 Å². The molecule has 118 heavy (non-hydrogen) atoms. The van der Waals surface area contributed by atoms with E-state index in [0.717, 1.165) is 102 Å². The van der Waals surface area contributed by atoms with E-state index in [1.807, 2.05) is 0 Å². The smallest absolute Gasteiger partial charge is 0.462 e. The molecular formula is C99H194O17P2. The van der Waals surface area contributed by atoms with E-state index in [0.29, 0.717) is 25.7 Å². The molecule has 702 valence electrons. The average molecular weight is 1720 g/mol. The number of hydrogen-bond donors (Lipinski definition) is 3. The summed E-state index contributed by atoms with van der Waals surface area (Å²) in [6.07, 6.45) is 87.9. The van der Waals surface area contributed by atoms with Crippen molar-refractivity contribution in [2.45, 2.75) is 561 Å². The number of rotatable bonds is 98. The number of ether oxygens (including phenoxy) is 4. The van der Waals surface area contributed by atoms with Gasteiger partial charge in [-0.2, -0.15) is 0 Å². The molecule has 0 spiro atoms. The van der Waals surface area contributed by atoms with E-state index in [-0.39, 0.29) is 25.7 Å². The van der Waals surface area contributed by atoms with Crippen molar-refractivity contribution in [2.75, 3.05) is 39.6 Å². The Morgan fingerprint density at radius 2 is 0.432 bits per heavy atom. The molecular weight excluding hydrogens is 1520 g/mol. The molecule has 0 saturated heterocycles. The molecule has 0 heterocycles. The third kappa shape index (κ3) is 90.3. The highest BCUT2D eigenvalue weighted by molar-refractivity contribution is 7.47. The zero-order valence-electron chi connectivity index (χ0n) is 78.2. The fraction of sp³-hybridized carbons (Fsp3) is 0.960. The lowest BCUT2D eigenvalue weighted by Gasteiger charge is -2.21. The highest BCUT2D eigenvalue weighted by Crippen LogP contribution is 2.45. The Morgan fingerprint density at radius 3 is 0.644 bits per heavy atom. The van der Waals surface area contributed by atoms with Crippen LogP contribution in [-0.2, 0) is 65.4 Å². The molecule has 0 aliphatic heterocycles. The third-order valence-corrected chi connectivity index (χ3v) is 25.7. The van der Waals surface area contributed by atoms with Crippen molar-refractivity contribution in [3.8, 4) is 0 Å². The lowest BCUT2D eigenvalue weighted by atomic mass is 9.99. The number of unbranched alkanes of at least 4 members (excludes halogenated alkanes) is 67.